The zero-order valence-corrected chi connectivity index (χ0v) is 11.5. The Bertz CT molecular complexity index is 438. The van der Waals surface area contributed by atoms with Crippen molar-refractivity contribution in [2.45, 2.75) is 32.6 Å². The number of carbonyl (C=O) groups excluding carboxylic acids is 1. The van der Waals surface area contributed by atoms with Gasteiger partial charge in [-0.1, -0.05) is 26.2 Å². The molecule has 0 aromatic heterocycles. The Morgan fingerprint density at radius 2 is 1.84 bits per heavy atom. The lowest BCUT2D eigenvalue weighted by molar-refractivity contribution is 0.0936. The molecule has 1 fully saturated rings. The van der Waals surface area contributed by atoms with E-state index >= 15 is 0 Å². The molecule has 1 saturated carbocycles. The summed E-state index contributed by atoms with van der Waals surface area (Å²) in [5.41, 5.74) is 13.0. The number of nitrogens with one attached hydrogen (secondary N) is 1. The third-order valence-electron chi connectivity index (χ3n) is 4.05. The minimum absolute atomic E-state index is 0.0863. The molecule has 4 nitrogen and oxygen atoms in total. The Morgan fingerprint density at radius 1 is 1.21 bits per heavy atom. The van der Waals surface area contributed by atoms with E-state index in [1.54, 1.807) is 18.2 Å². The van der Waals surface area contributed by atoms with Crippen molar-refractivity contribution in [3.05, 3.63) is 23.8 Å². The Balaban J connectivity index is 1.93. The molecule has 0 radical (unpaired) electrons. The molecular formula is C15H23N3O. The van der Waals surface area contributed by atoms with Gasteiger partial charge in [0.1, 0.15) is 0 Å². The average molecular weight is 261 g/mol. The van der Waals surface area contributed by atoms with Gasteiger partial charge in [0.15, 0.2) is 0 Å². The first-order valence-corrected chi connectivity index (χ1v) is 7.00. The Morgan fingerprint density at radius 3 is 2.47 bits per heavy atom. The SMILES string of the molecule is CC1CCCCC1CNC(=O)c1cc(N)cc(N)c1. The Hall–Kier alpha value is -1.71. The molecule has 2 unspecified atom stereocenters. The van der Waals surface area contributed by atoms with Gasteiger partial charge in [-0.25, -0.2) is 0 Å². The van der Waals surface area contributed by atoms with Crippen LogP contribution in [0.3, 0.4) is 0 Å². The zero-order chi connectivity index (χ0) is 13.8. The first kappa shape index (κ1) is 13.7. The summed E-state index contributed by atoms with van der Waals surface area (Å²) in [6.45, 7) is 3.02. The van der Waals surface area contributed by atoms with Crippen LogP contribution in [-0.4, -0.2) is 12.5 Å². The molecule has 4 heteroatoms. The molecular weight excluding hydrogens is 238 g/mol. The first-order chi connectivity index (χ1) is 9.06. The highest BCUT2D eigenvalue weighted by Crippen LogP contribution is 2.28. The van der Waals surface area contributed by atoms with Crippen molar-refractivity contribution in [2.75, 3.05) is 18.0 Å². The standard InChI is InChI=1S/C15H23N3O/c1-10-4-2-3-5-11(10)9-18-15(19)12-6-13(16)8-14(17)7-12/h6-8,10-11H,2-5,9,16-17H2,1H3,(H,18,19). The fraction of sp³-hybridized carbons (Fsp3) is 0.533. The molecule has 0 spiro atoms. The quantitative estimate of drug-likeness (QED) is 0.731. The minimum atomic E-state index is -0.0863. The molecule has 0 bridgehead atoms. The van der Waals surface area contributed by atoms with E-state index in [0.29, 0.717) is 28.8 Å². The van der Waals surface area contributed by atoms with E-state index in [1.807, 2.05) is 0 Å². The van der Waals surface area contributed by atoms with Gasteiger partial charge >= 0.3 is 0 Å². The minimum Gasteiger partial charge on any atom is -0.399 e. The fourth-order valence-corrected chi connectivity index (χ4v) is 2.83. The van der Waals surface area contributed by atoms with Crippen LogP contribution in [0.5, 0.6) is 0 Å². The second-order valence-corrected chi connectivity index (χ2v) is 5.62. The van der Waals surface area contributed by atoms with Gasteiger partial charge in [0.2, 0.25) is 0 Å². The normalized spacial score (nSPS) is 23.0. The molecule has 2 atom stereocenters. The van der Waals surface area contributed by atoms with Gasteiger partial charge in [0, 0.05) is 23.5 Å². The monoisotopic (exact) mass is 261 g/mol. The number of anilines is 2. The van der Waals surface area contributed by atoms with Crippen molar-refractivity contribution in [2.24, 2.45) is 11.8 Å². The highest BCUT2D eigenvalue weighted by atomic mass is 16.1. The lowest BCUT2D eigenvalue weighted by atomic mass is 9.80. The lowest BCUT2D eigenvalue weighted by Gasteiger charge is -2.28. The number of nitrogens with two attached hydrogens (primary N) is 2. The van der Waals surface area contributed by atoms with E-state index in [1.165, 1.54) is 25.7 Å². The predicted octanol–water partition coefficient (Wildman–Crippen LogP) is 2.41. The maximum Gasteiger partial charge on any atom is 0.251 e. The van der Waals surface area contributed by atoms with E-state index in [9.17, 15) is 4.79 Å². The van der Waals surface area contributed by atoms with Gasteiger partial charge in [-0.05, 0) is 36.5 Å². The number of nitrogen functional groups attached to an aromatic ring is 2. The third kappa shape index (κ3) is 3.63. The first-order valence-electron chi connectivity index (χ1n) is 7.00. The maximum absolute atomic E-state index is 12.1. The van der Waals surface area contributed by atoms with Crippen LogP contribution < -0.4 is 16.8 Å². The van der Waals surface area contributed by atoms with Gasteiger partial charge in [-0.3, -0.25) is 4.79 Å². The van der Waals surface area contributed by atoms with Crippen LogP contribution in [0.25, 0.3) is 0 Å². The topological polar surface area (TPSA) is 81.1 Å². The van der Waals surface area contributed by atoms with Crippen LogP contribution in [0.2, 0.25) is 0 Å². The molecule has 104 valence electrons. The summed E-state index contributed by atoms with van der Waals surface area (Å²) in [6.07, 6.45) is 5.07. The van der Waals surface area contributed by atoms with Crippen molar-refractivity contribution >= 4 is 17.3 Å². The van der Waals surface area contributed by atoms with E-state index in [2.05, 4.69) is 12.2 Å². The predicted molar refractivity (Wildman–Crippen MR) is 78.7 cm³/mol. The van der Waals surface area contributed by atoms with Gasteiger partial charge in [-0.2, -0.15) is 0 Å². The van der Waals surface area contributed by atoms with Crippen LogP contribution in [0.1, 0.15) is 43.0 Å². The number of carbonyl (C=O) groups is 1. The second kappa shape index (κ2) is 5.95. The Kier molecular flexibility index (Phi) is 4.30. The molecule has 0 aliphatic heterocycles. The molecule has 0 saturated heterocycles. The average Bonchev–Trinajstić information content (AvgIpc) is 2.36. The molecule has 5 N–H and O–H groups in total. The summed E-state index contributed by atoms with van der Waals surface area (Å²) >= 11 is 0. The van der Waals surface area contributed by atoms with Crippen molar-refractivity contribution in [3.8, 4) is 0 Å². The molecule has 2 rings (SSSR count). The summed E-state index contributed by atoms with van der Waals surface area (Å²) < 4.78 is 0. The van der Waals surface area contributed by atoms with Gasteiger partial charge in [-0.15, -0.1) is 0 Å². The smallest absolute Gasteiger partial charge is 0.251 e. The van der Waals surface area contributed by atoms with Crippen LogP contribution in [0.15, 0.2) is 18.2 Å². The highest BCUT2D eigenvalue weighted by molar-refractivity contribution is 5.96. The van der Waals surface area contributed by atoms with Crippen LogP contribution in [0, 0.1) is 11.8 Å². The van der Waals surface area contributed by atoms with Gasteiger partial charge in [0.25, 0.3) is 5.91 Å². The van der Waals surface area contributed by atoms with Crippen molar-refractivity contribution in [1.29, 1.82) is 0 Å². The maximum atomic E-state index is 12.1. The Labute approximate surface area is 114 Å². The van der Waals surface area contributed by atoms with Crippen LogP contribution >= 0.6 is 0 Å². The summed E-state index contributed by atoms with van der Waals surface area (Å²) in [4.78, 5) is 12.1. The van der Waals surface area contributed by atoms with Crippen LogP contribution in [-0.2, 0) is 0 Å². The van der Waals surface area contributed by atoms with Crippen molar-refractivity contribution in [1.82, 2.24) is 5.32 Å². The van der Waals surface area contributed by atoms with E-state index in [0.717, 1.165) is 6.54 Å². The lowest BCUT2D eigenvalue weighted by Crippen LogP contribution is -2.33. The second-order valence-electron chi connectivity index (χ2n) is 5.62. The molecule has 1 amide bonds. The molecule has 19 heavy (non-hydrogen) atoms. The number of benzene rings is 1. The zero-order valence-electron chi connectivity index (χ0n) is 11.5. The summed E-state index contributed by atoms with van der Waals surface area (Å²) in [6, 6.07) is 4.98. The van der Waals surface area contributed by atoms with Crippen molar-refractivity contribution < 1.29 is 4.79 Å². The number of rotatable bonds is 3. The van der Waals surface area contributed by atoms with Crippen molar-refractivity contribution in [3.63, 3.8) is 0 Å². The molecule has 1 aliphatic carbocycles. The highest BCUT2D eigenvalue weighted by Gasteiger charge is 2.21. The van der Waals surface area contributed by atoms with Gasteiger partial charge in [0.05, 0.1) is 0 Å². The fourth-order valence-electron chi connectivity index (χ4n) is 2.83. The van der Waals surface area contributed by atoms with Crippen LogP contribution in [0.4, 0.5) is 11.4 Å². The molecule has 1 aromatic rings. The number of hydrogen-bond acceptors (Lipinski definition) is 3. The molecule has 1 aromatic carbocycles. The largest absolute Gasteiger partial charge is 0.399 e. The van der Waals surface area contributed by atoms with E-state index in [-0.39, 0.29) is 5.91 Å². The number of amides is 1. The van der Waals surface area contributed by atoms with Gasteiger partial charge < -0.3 is 16.8 Å². The summed E-state index contributed by atoms with van der Waals surface area (Å²) in [5.74, 6) is 1.20. The number of hydrogen-bond donors (Lipinski definition) is 3. The third-order valence-corrected chi connectivity index (χ3v) is 4.05. The summed E-state index contributed by atoms with van der Waals surface area (Å²) in [7, 11) is 0. The molecule has 0 heterocycles. The molecule has 1 aliphatic rings. The van der Waals surface area contributed by atoms with E-state index < -0.39 is 0 Å². The summed E-state index contributed by atoms with van der Waals surface area (Å²) in [5, 5.41) is 3.00. The van der Waals surface area contributed by atoms with E-state index in [4.69, 9.17) is 11.5 Å².